The van der Waals surface area contributed by atoms with Gasteiger partial charge in [0.2, 0.25) is 11.8 Å². The first-order valence-electron chi connectivity index (χ1n) is 20.9. The monoisotopic (exact) mass is 835 g/mol. The third-order valence-corrected chi connectivity index (χ3v) is 13.1. The van der Waals surface area contributed by atoms with E-state index in [1.165, 1.54) is 0 Å². The van der Waals surface area contributed by atoms with Gasteiger partial charge in [-0.1, -0.05) is 18.5 Å². The Labute approximate surface area is 354 Å². The lowest BCUT2D eigenvalue weighted by Crippen LogP contribution is -2.59. The molecule has 60 heavy (non-hydrogen) atoms. The van der Waals surface area contributed by atoms with E-state index in [0.717, 1.165) is 68.3 Å². The number of nitriles is 1. The topological polar surface area (TPSA) is 172 Å². The quantitative estimate of drug-likeness (QED) is 0.255. The van der Waals surface area contributed by atoms with Gasteiger partial charge in [0.15, 0.2) is 0 Å². The van der Waals surface area contributed by atoms with Gasteiger partial charge in [0.1, 0.15) is 29.8 Å². The molecule has 2 aromatic carbocycles. The van der Waals surface area contributed by atoms with Crippen molar-refractivity contribution in [1.82, 2.24) is 25.0 Å². The Hall–Kier alpha value is -5.72. The molecular weight excluding hydrogens is 786 g/mol. The van der Waals surface area contributed by atoms with Crippen LogP contribution < -0.4 is 25.2 Å². The van der Waals surface area contributed by atoms with Crippen molar-refractivity contribution in [1.29, 1.82) is 5.26 Å². The third-order valence-electron chi connectivity index (χ3n) is 12.8. The second-order valence-electron chi connectivity index (χ2n) is 16.7. The molecule has 15 nitrogen and oxygen atoms in total. The summed E-state index contributed by atoms with van der Waals surface area (Å²) in [5, 5.41) is 14.9. The number of piperazine rings is 1. The maximum atomic E-state index is 13.4. The van der Waals surface area contributed by atoms with Crippen molar-refractivity contribution < 1.29 is 28.7 Å². The fraction of sp³-hybridized carbons (Fsp3) is 0.477. The van der Waals surface area contributed by atoms with E-state index in [4.69, 9.17) is 21.3 Å². The van der Waals surface area contributed by atoms with Crippen LogP contribution in [0.4, 0.5) is 22.0 Å². The standard InChI is InChI=1S/C44H50ClN9O6/c1-4-50(32-17-34(18-32)60-33-8-9-35-36(20-33)43(58)54(42(35)57)38-10-12-40(55)49-41(38)56)25-28-13-15-51(16-14-28)39-11-6-30(22-47-39)48-44(59)53-24-26(2)52(23-27(53)3)31-7-5-29(21-46)37(45)19-31/h5-9,11,19-20,22,26-28,32,34,38H,4,10,12-18,23-25H2,1-3H3,(H,48,59)(H,49,55,56)/t26-,27+,32?,34?,38+/m0/s1. The van der Waals surface area contributed by atoms with Crippen LogP contribution in [0.15, 0.2) is 54.7 Å². The molecule has 3 saturated heterocycles. The lowest BCUT2D eigenvalue weighted by atomic mass is 9.86. The number of imide groups is 2. The average Bonchev–Trinajstić information content (AvgIpc) is 3.47. The molecule has 0 bridgehead atoms. The first-order valence-corrected chi connectivity index (χ1v) is 21.3. The fourth-order valence-corrected chi connectivity index (χ4v) is 9.46. The minimum Gasteiger partial charge on any atom is -0.490 e. The van der Waals surface area contributed by atoms with Gasteiger partial charge in [-0.2, -0.15) is 5.26 Å². The van der Waals surface area contributed by atoms with Crippen LogP contribution in [0.3, 0.4) is 0 Å². The van der Waals surface area contributed by atoms with Crippen LogP contribution in [-0.4, -0.2) is 119 Å². The number of aromatic nitrogens is 1. The number of urea groups is 1. The third kappa shape index (κ3) is 8.23. The van der Waals surface area contributed by atoms with Crippen LogP contribution in [-0.2, 0) is 9.59 Å². The number of benzene rings is 2. The Bertz CT molecular complexity index is 2220. The van der Waals surface area contributed by atoms with Gasteiger partial charge in [-0.15, -0.1) is 0 Å². The Morgan fingerprint density at radius 2 is 1.75 bits per heavy atom. The number of carbonyl (C=O) groups is 5. The number of halogens is 1. The Kier molecular flexibility index (Phi) is 11.7. The molecule has 5 heterocycles. The number of amides is 6. The number of rotatable bonds is 10. The Morgan fingerprint density at radius 3 is 2.43 bits per heavy atom. The molecule has 314 valence electrons. The second kappa shape index (κ2) is 17.1. The van der Waals surface area contributed by atoms with Gasteiger partial charge in [0, 0.05) is 75.8 Å². The number of nitrogens with zero attached hydrogens (tertiary/aromatic N) is 7. The van der Waals surface area contributed by atoms with E-state index >= 15 is 0 Å². The molecule has 5 aliphatic rings. The molecule has 1 aromatic heterocycles. The summed E-state index contributed by atoms with van der Waals surface area (Å²) in [4.78, 5) is 78.3. The molecule has 0 spiro atoms. The van der Waals surface area contributed by atoms with E-state index in [-0.39, 0.29) is 48.2 Å². The average molecular weight is 836 g/mol. The summed E-state index contributed by atoms with van der Waals surface area (Å²) in [6.07, 6.45) is 5.76. The van der Waals surface area contributed by atoms with Crippen LogP contribution in [0.25, 0.3) is 0 Å². The van der Waals surface area contributed by atoms with Crippen molar-refractivity contribution in [3.63, 3.8) is 0 Å². The summed E-state index contributed by atoms with van der Waals surface area (Å²) in [5.74, 6) is -0.120. The summed E-state index contributed by atoms with van der Waals surface area (Å²) in [6, 6.07) is 15.6. The van der Waals surface area contributed by atoms with E-state index < -0.39 is 29.7 Å². The van der Waals surface area contributed by atoms with Crippen molar-refractivity contribution in [2.24, 2.45) is 5.92 Å². The Balaban J connectivity index is 0.771. The van der Waals surface area contributed by atoms with E-state index in [0.29, 0.717) is 47.1 Å². The predicted octanol–water partition coefficient (Wildman–Crippen LogP) is 5.29. The zero-order chi connectivity index (χ0) is 42.2. The molecule has 16 heteroatoms. The molecular formula is C44H50ClN9O6. The molecule has 6 amide bonds. The summed E-state index contributed by atoms with van der Waals surface area (Å²) in [7, 11) is 0. The number of carbonyl (C=O) groups excluding carboxylic acids is 5. The first kappa shape index (κ1) is 41.0. The maximum Gasteiger partial charge on any atom is 0.322 e. The molecule has 8 rings (SSSR count). The van der Waals surface area contributed by atoms with Gasteiger partial charge in [0.05, 0.1) is 33.6 Å². The van der Waals surface area contributed by atoms with Crippen molar-refractivity contribution in [3.8, 4) is 11.8 Å². The van der Waals surface area contributed by atoms with Crippen molar-refractivity contribution in [2.45, 2.75) is 89.6 Å². The van der Waals surface area contributed by atoms with Gasteiger partial charge in [-0.05, 0) is 94.1 Å². The first-order chi connectivity index (χ1) is 28.9. The molecule has 4 fully saturated rings. The molecule has 0 unspecified atom stereocenters. The number of pyridine rings is 1. The van der Waals surface area contributed by atoms with Crippen LogP contribution in [0, 0.1) is 17.2 Å². The van der Waals surface area contributed by atoms with Gasteiger partial charge in [-0.3, -0.25) is 29.4 Å². The predicted molar refractivity (Wildman–Crippen MR) is 225 cm³/mol. The molecule has 3 aromatic rings. The van der Waals surface area contributed by atoms with Crippen LogP contribution in [0.2, 0.25) is 5.02 Å². The van der Waals surface area contributed by atoms with Crippen LogP contribution in [0.5, 0.6) is 5.75 Å². The number of hydrogen-bond donors (Lipinski definition) is 2. The Morgan fingerprint density at radius 1 is 0.983 bits per heavy atom. The second-order valence-corrected chi connectivity index (χ2v) is 17.1. The van der Waals surface area contributed by atoms with E-state index in [2.05, 4.69) is 45.3 Å². The molecule has 2 N–H and O–H groups in total. The zero-order valence-electron chi connectivity index (χ0n) is 34.1. The zero-order valence-corrected chi connectivity index (χ0v) is 34.9. The highest BCUT2D eigenvalue weighted by Gasteiger charge is 2.45. The smallest absolute Gasteiger partial charge is 0.322 e. The summed E-state index contributed by atoms with van der Waals surface area (Å²) >= 11 is 6.31. The lowest BCUT2D eigenvalue weighted by Gasteiger charge is -2.45. The van der Waals surface area contributed by atoms with Crippen molar-refractivity contribution in [2.75, 3.05) is 54.4 Å². The molecule has 1 aliphatic carbocycles. The highest BCUT2D eigenvalue weighted by molar-refractivity contribution is 6.32. The van der Waals surface area contributed by atoms with Gasteiger partial charge in [0.25, 0.3) is 11.8 Å². The van der Waals surface area contributed by atoms with Crippen LogP contribution in [0.1, 0.15) is 85.6 Å². The molecule has 4 aliphatic heterocycles. The number of ether oxygens (including phenoxy) is 1. The summed E-state index contributed by atoms with van der Waals surface area (Å²) in [6.45, 7) is 11.2. The van der Waals surface area contributed by atoms with Crippen molar-refractivity contribution in [3.05, 3.63) is 76.4 Å². The molecule has 3 atom stereocenters. The fourth-order valence-electron chi connectivity index (χ4n) is 9.25. The van der Waals surface area contributed by atoms with Gasteiger partial charge < -0.3 is 29.7 Å². The van der Waals surface area contributed by atoms with E-state index in [1.807, 2.05) is 36.1 Å². The molecule has 1 saturated carbocycles. The summed E-state index contributed by atoms with van der Waals surface area (Å²) < 4.78 is 6.27. The minimum absolute atomic E-state index is 0.00135. The van der Waals surface area contributed by atoms with Gasteiger partial charge >= 0.3 is 6.03 Å². The summed E-state index contributed by atoms with van der Waals surface area (Å²) in [5.41, 5.74) is 2.48. The van der Waals surface area contributed by atoms with Gasteiger partial charge in [-0.25, -0.2) is 9.78 Å². The minimum atomic E-state index is -0.999. The normalized spacial score (nSPS) is 24.6. The maximum absolute atomic E-state index is 13.4. The van der Waals surface area contributed by atoms with Crippen molar-refractivity contribution >= 4 is 58.5 Å². The van der Waals surface area contributed by atoms with E-state index in [1.54, 1.807) is 30.5 Å². The highest BCUT2D eigenvalue weighted by Crippen LogP contribution is 2.35. The SMILES string of the molecule is CCN(CC1CCN(c2ccc(NC(=O)N3C[C@H](C)N(c4ccc(C#N)c(Cl)c4)C[C@H]3C)cn2)CC1)C1CC(Oc2ccc3c(c2)C(=O)N([C@@H]2CCC(=O)NC2=O)C3=O)C1. The highest BCUT2D eigenvalue weighted by atomic mass is 35.5. The lowest BCUT2D eigenvalue weighted by molar-refractivity contribution is -0.136. The van der Waals surface area contributed by atoms with E-state index in [9.17, 15) is 29.2 Å². The number of hydrogen-bond acceptors (Lipinski definition) is 11. The largest absolute Gasteiger partial charge is 0.490 e. The molecule has 0 radical (unpaired) electrons. The number of piperidine rings is 2. The number of fused-ring (bicyclic) bond motifs is 1. The number of anilines is 3. The van der Waals surface area contributed by atoms with Crippen LogP contribution >= 0.6 is 11.6 Å². The number of nitrogens with one attached hydrogen (secondary N) is 2.